The number of halogens is 2. The predicted octanol–water partition coefficient (Wildman–Crippen LogP) is 7.46. The van der Waals surface area contributed by atoms with Crippen LogP contribution < -0.4 is 9.47 Å². The summed E-state index contributed by atoms with van der Waals surface area (Å²) in [6.07, 6.45) is 5.86. The van der Waals surface area contributed by atoms with Gasteiger partial charge >= 0.3 is 0 Å². The Bertz CT molecular complexity index is 2640. The van der Waals surface area contributed by atoms with E-state index in [1.165, 1.54) is 24.3 Å². The normalized spacial score (nSPS) is 18.1. The molecule has 15 heteroatoms. The molecule has 2 fully saturated rings. The van der Waals surface area contributed by atoms with Crippen LogP contribution in [0.1, 0.15) is 87.2 Å². The number of hydrogen-bond donors (Lipinski definition) is 1. The Balaban J connectivity index is 0.000000164. The molecule has 0 spiro atoms. The average molecular weight is 891 g/mol. The van der Waals surface area contributed by atoms with Crippen molar-refractivity contribution in [3.8, 4) is 11.5 Å². The Hall–Kier alpha value is -5.90. The molecule has 6 heterocycles. The first kappa shape index (κ1) is 44.3. The summed E-state index contributed by atoms with van der Waals surface area (Å²) in [5, 5.41) is 20.7. The Morgan fingerprint density at radius 1 is 0.662 bits per heavy atom. The molecule has 2 saturated heterocycles. The molecule has 0 radical (unpaired) electrons. The van der Waals surface area contributed by atoms with E-state index in [0.29, 0.717) is 41.5 Å². The van der Waals surface area contributed by atoms with E-state index in [0.717, 1.165) is 135 Å². The first-order chi connectivity index (χ1) is 31.6. The number of piperidine rings is 2. The first-order valence-electron chi connectivity index (χ1n) is 22.8. The number of aliphatic hydroxyl groups excluding tert-OH is 1. The highest BCUT2D eigenvalue weighted by Gasteiger charge is 2.28. The smallest absolute Gasteiger partial charge is 0.254 e. The van der Waals surface area contributed by atoms with Crippen molar-refractivity contribution in [2.45, 2.75) is 62.9 Å². The van der Waals surface area contributed by atoms with Crippen molar-refractivity contribution >= 4 is 33.8 Å². The fourth-order valence-corrected chi connectivity index (χ4v) is 9.61. The number of hydrogen-bond acceptors (Lipinski definition) is 11. The molecule has 2 aromatic heterocycles. The highest BCUT2D eigenvalue weighted by Crippen LogP contribution is 2.35. The number of β-amino-alcohol motifs (C(OH)–C–C–N with tert-alkyl or cyclic N) is 1. The van der Waals surface area contributed by atoms with Crippen LogP contribution >= 0.6 is 0 Å². The average Bonchev–Trinajstić information content (AvgIpc) is 3.94. The molecule has 10 rings (SSSR count). The zero-order chi connectivity index (χ0) is 45.0. The first-order valence-corrected chi connectivity index (χ1v) is 22.8. The van der Waals surface area contributed by atoms with E-state index in [9.17, 15) is 23.5 Å². The molecule has 1 N–H and O–H groups in total. The van der Waals surface area contributed by atoms with Crippen molar-refractivity contribution in [3.63, 3.8) is 0 Å². The van der Waals surface area contributed by atoms with E-state index < -0.39 is 6.10 Å². The Labute approximate surface area is 376 Å². The highest BCUT2D eigenvalue weighted by molar-refractivity contribution is 5.97. The van der Waals surface area contributed by atoms with Gasteiger partial charge < -0.3 is 43.2 Å². The van der Waals surface area contributed by atoms with Crippen LogP contribution in [0, 0.1) is 11.6 Å². The monoisotopic (exact) mass is 890 g/mol. The molecule has 1 atom stereocenters. The lowest BCUT2D eigenvalue weighted by molar-refractivity contribution is 0.0591. The maximum atomic E-state index is 13.4. The topological polar surface area (TPSA) is 138 Å². The number of likely N-dealkylation sites (N-methyl/N-ethyl adjacent to an activating group) is 2. The molecular weight excluding hydrogens is 835 g/mol. The third-order valence-corrected chi connectivity index (χ3v) is 13.4. The van der Waals surface area contributed by atoms with E-state index in [1.807, 2.05) is 37.4 Å². The Morgan fingerprint density at radius 2 is 1.15 bits per heavy atom. The fraction of sp³-hybridized carbons (Fsp3) is 0.440. The van der Waals surface area contributed by atoms with Crippen molar-refractivity contribution in [3.05, 3.63) is 118 Å². The van der Waals surface area contributed by atoms with Gasteiger partial charge in [-0.2, -0.15) is 0 Å². The summed E-state index contributed by atoms with van der Waals surface area (Å²) in [5.41, 5.74) is 6.44. The van der Waals surface area contributed by atoms with Crippen LogP contribution in [0.2, 0.25) is 0 Å². The minimum Gasteiger partial charge on any atom is -0.494 e. The molecule has 13 nitrogen and oxygen atoms in total. The van der Waals surface area contributed by atoms with E-state index in [2.05, 4.69) is 20.1 Å². The standard InChI is InChI=1S/C25H28FN3O4.C25H28FN3O3/c1-28-9-6-16-2-4-20(13-22(16)25(28)31)32-15-19(30)14-29-10-7-17(8-11-29)24-21-5-3-18(26)12-23(21)33-27-24;1-28-11-7-17-3-5-20(16-22(17)25(28)30)31-14-2-10-29-12-8-18(9-13-29)24-21-6-4-19(26)15-23(21)32-27-24/h2-5,12-13,17,19,30H,6-11,14-15H2,1H3;3-6,15-16,18H,2,7-14H2,1H3. The third-order valence-electron chi connectivity index (χ3n) is 13.4. The van der Waals surface area contributed by atoms with Gasteiger partial charge in [-0.25, -0.2) is 8.78 Å². The van der Waals surface area contributed by atoms with Gasteiger partial charge in [-0.3, -0.25) is 9.59 Å². The number of rotatable bonds is 12. The number of aliphatic hydroxyl groups is 1. The number of aromatic nitrogens is 2. The summed E-state index contributed by atoms with van der Waals surface area (Å²) >= 11 is 0. The molecule has 2 amide bonds. The lowest BCUT2D eigenvalue weighted by atomic mass is 9.91. The van der Waals surface area contributed by atoms with Crippen molar-refractivity contribution in [2.24, 2.45) is 0 Å². The second-order valence-corrected chi connectivity index (χ2v) is 17.9. The summed E-state index contributed by atoms with van der Waals surface area (Å²) in [4.78, 5) is 32.8. The summed E-state index contributed by atoms with van der Waals surface area (Å²) in [6, 6.07) is 20.6. The van der Waals surface area contributed by atoms with E-state index >= 15 is 0 Å². The van der Waals surface area contributed by atoms with E-state index in [-0.39, 0.29) is 36.0 Å². The largest absolute Gasteiger partial charge is 0.494 e. The molecule has 1 unspecified atom stereocenters. The van der Waals surface area contributed by atoms with Crippen LogP contribution in [0.4, 0.5) is 8.78 Å². The molecule has 0 saturated carbocycles. The minimum atomic E-state index is -0.633. The zero-order valence-corrected chi connectivity index (χ0v) is 37.0. The number of carbonyl (C=O) groups is 2. The van der Waals surface area contributed by atoms with Gasteiger partial charge in [-0.15, -0.1) is 0 Å². The lowest BCUT2D eigenvalue weighted by Gasteiger charge is -2.32. The molecule has 4 aliphatic rings. The molecule has 4 aromatic carbocycles. The molecule has 0 bridgehead atoms. The molecule has 6 aromatic rings. The third kappa shape index (κ3) is 10.2. The minimum absolute atomic E-state index is 0.00939. The molecule has 65 heavy (non-hydrogen) atoms. The van der Waals surface area contributed by atoms with Gasteiger partial charge in [-0.1, -0.05) is 22.4 Å². The van der Waals surface area contributed by atoms with Crippen LogP contribution in [0.25, 0.3) is 21.9 Å². The van der Waals surface area contributed by atoms with Gasteiger partial charge in [0.25, 0.3) is 11.8 Å². The number of likely N-dealkylation sites (tertiary alicyclic amines) is 2. The second kappa shape index (κ2) is 19.7. The van der Waals surface area contributed by atoms with Gasteiger partial charge in [0.1, 0.15) is 35.8 Å². The van der Waals surface area contributed by atoms with Crippen molar-refractivity contribution in [1.29, 1.82) is 0 Å². The summed E-state index contributed by atoms with van der Waals surface area (Å²) in [5.74, 6) is 1.43. The Kier molecular flexibility index (Phi) is 13.4. The molecule has 342 valence electrons. The van der Waals surface area contributed by atoms with Gasteiger partial charge in [-0.05, 0) is 131 Å². The van der Waals surface area contributed by atoms with E-state index in [4.69, 9.17) is 18.5 Å². The highest BCUT2D eigenvalue weighted by atomic mass is 19.1. The van der Waals surface area contributed by atoms with Crippen molar-refractivity contribution in [1.82, 2.24) is 29.9 Å². The second-order valence-electron chi connectivity index (χ2n) is 17.9. The van der Waals surface area contributed by atoms with Crippen LogP contribution in [0.15, 0.2) is 81.8 Å². The van der Waals surface area contributed by atoms with Gasteiger partial charge in [0.05, 0.1) is 18.0 Å². The maximum absolute atomic E-state index is 13.4. The number of amides is 2. The van der Waals surface area contributed by atoms with Gasteiger partial charge in [0.2, 0.25) is 0 Å². The summed E-state index contributed by atoms with van der Waals surface area (Å²) < 4.78 is 49.2. The van der Waals surface area contributed by atoms with Crippen LogP contribution in [-0.4, -0.2) is 133 Å². The van der Waals surface area contributed by atoms with Crippen LogP contribution in [0.5, 0.6) is 11.5 Å². The summed E-state index contributed by atoms with van der Waals surface area (Å²) in [6.45, 7) is 7.45. The quantitative estimate of drug-likeness (QED) is 0.123. The number of nitrogens with zero attached hydrogens (tertiary/aromatic N) is 6. The predicted molar refractivity (Wildman–Crippen MR) is 241 cm³/mol. The molecule has 0 aliphatic carbocycles. The Morgan fingerprint density at radius 3 is 1.68 bits per heavy atom. The van der Waals surface area contributed by atoms with E-state index in [1.54, 1.807) is 35.0 Å². The fourth-order valence-electron chi connectivity index (χ4n) is 9.61. The SMILES string of the molecule is CN1CCc2ccc(OCC(O)CN3CCC(c4noc5cc(F)ccc45)CC3)cc2C1=O.CN1CCc2ccc(OCCCN3CCC(c4noc5cc(F)ccc45)CC3)cc2C1=O. The van der Waals surface area contributed by atoms with Gasteiger partial charge in [0, 0.05) is 86.1 Å². The molecular formula is C50H56F2N6O7. The maximum Gasteiger partial charge on any atom is 0.254 e. The number of carbonyl (C=O) groups excluding carboxylic acids is 2. The summed E-state index contributed by atoms with van der Waals surface area (Å²) in [7, 11) is 3.64. The van der Waals surface area contributed by atoms with Crippen LogP contribution in [-0.2, 0) is 12.8 Å². The lowest BCUT2D eigenvalue weighted by Crippen LogP contribution is -2.40. The number of benzene rings is 4. The zero-order valence-electron chi connectivity index (χ0n) is 37.0. The van der Waals surface area contributed by atoms with Crippen molar-refractivity contribution < 1.29 is 42.0 Å². The van der Waals surface area contributed by atoms with Crippen molar-refractivity contribution in [2.75, 3.05) is 79.7 Å². The molecule has 4 aliphatic heterocycles. The number of ether oxygens (including phenoxy) is 2. The number of fused-ring (bicyclic) bond motifs is 4. The van der Waals surface area contributed by atoms with Crippen LogP contribution in [0.3, 0.4) is 0 Å². The van der Waals surface area contributed by atoms with Gasteiger partial charge in [0.15, 0.2) is 11.2 Å².